The molecule has 1 amide bonds. The summed E-state index contributed by atoms with van der Waals surface area (Å²) < 4.78 is 0. The first-order valence-electron chi connectivity index (χ1n) is 11.4. The summed E-state index contributed by atoms with van der Waals surface area (Å²) in [5.74, 6) is -0.407. The fourth-order valence-corrected chi connectivity index (χ4v) is 4.59. The molecule has 0 radical (unpaired) electrons. The SMILES string of the molecule is O=C(NN=Cc1ccc(N2N=C(c3ccccc3)CC2c2ccccc2)cc1)c1ccc(Cl)cc1Cl. The minimum absolute atomic E-state index is 0.101. The largest absolute Gasteiger partial charge is 0.272 e. The Kier molecular flexibility index (Phi) is 7.12. The van der Waals surface area contributed by atoms with Crippen molar-refractivity contribution in [2.75, 3.05) is 5.01 Å². The number of nitrogens with zero attached hydrogens (tertiary/aromatic N) is 3. The molecule has 5 rings (SSSR count). The Bertz CT molecular complexity index is 1420. The number of hydrazone groups is 2. The lowest BCUT2D eigenvalue weighted by Gasteiger charge is -2.24. The van der Waals surface area contributed by atoms with Crippen LogP contribution in [0.25, 0.3) is 0 Å². The van der Waals surface area contributed by atoms with Crippen molar-refractivity contribution in [2.24, 2.45) is 10.2 Å². The molecule has 178 valence electrons. The van der Waals surface area contributed by atoms with Crippen molar-refractivity contribution in [2.45, 2.75) is 12.5 Å². The van der Waals surface area contributed by atoms with E-state index in [1.54, 1.807) is 18.3 Å². The number of carbonyl (C=O) groups is 1. The first-order valence-corrected chi connectivity index (χ1v) is 12.2. The predicted octanol–water partition coefficient (Wildman–Crippen LogP) is 7.11. The molecule has 0 saturated heterocycles. The van der Waals surface area contributed by atoms with E-state index in [1.807, 2.05) is 48.5 Å². The highest BCUT2D eigenvalue weighted by Crippen LogP contribution is 2.36. The van der Waals surface area contributed by atoms with Crippen LogP contribution in [0.15, 0.2) is 113 Å². The zero-order chi connectivity index (χ0) is 24.9. The normalized spacial score (nSPS) is 15.2. The third-order valence-electron chi connectivity index (χ3n) is 5.91. The summed E-state index contributed by atoms with van der Waals surface area (Å²) >= 11 is 12.0. The molecule has 0 bridgehead atoms. The number of benzene rings is 4. The van der Waals surface area contributed by atoms with E-state index in [4.69, 9.17) is 28.3 Å². The molecule has 1 atom stereocenters. The summed E-state index contributed by atoms with van der Waals surface area (Å²) in [6.45, 7) is 0. The number of hydrogen-bond donors (Lipinski definition) is 1. The van der Waals surface area contributed by atoms with Crippen LogP contribution in [0.4, 0.5) is 5.69 Å². The van der Waals surface area contributed by atoms with Gasteiger partial charge in [0.1, 0.15) is 0 Å². The monoisotopic (exact) mass is 512 g/mol. The summed E-state index contributed by atoms with van der Waals surface area (Å²) in [5.41, 5.74) is 8.01. The van der Waals surface area contributed by atoms with Crippen LogP contribution >= 0.6 is 23.2 Å². The molecule has 1 aliphatic heterocycles. The van der Waals surface area contributed by atoms with Gasteiger partial charge in [0.05, 0.1) is 34.2 Å². The van der Waals surface area contributed by atoms with Crippen LogP contribution in [0.5, 0.6) is 0 Å². The van der Waals surface area contributed by atoms with Crippen molar-refractivity contribution in [3.05, 3.63) is 135 Å². The van der Waals surface area contributed by atoms with Gasteiger partial charge < -0.3 is 0 Å². The average molecular weight is 513 g/mol. The van der Waals surface area contributed by atoms with Gasteiger partial charge >= 0.3 is 0 Å². The average Bonchev–Trinajstić information content (AvgIpc) is 3.36. The number of amides is 1. The Labute approximate surface area is 219 Å². The maximum Gasteiger partial charge on any atom is 0.272 e. The van der Waals surface area contributed by atoms with E-state index < -0.39 is 5.91 Å². The van der Waals surface area contributed by atoms with E-state index in [1.165, 1.54) is 11.6 Å². The van der Waals surface area contributed by atoms with Crippen LogP contribution in [-0.4, -0.2) is 17.8 Å². The third kappa shape index (κ3) is 5.33. The van der Waals surface area contributed by atoms with Crippen molar-refractivity contribution in [3.8, 4) is 0 Å². The summed E-state index contributed by atoms with van der Waals surface area (Å²) in [5, 5.41) is 11.9. The summed E-state index contributed by atoms with van der Waals surface area (Å²) in [6, 6.07) is 33.4. The second-order valence-electron chi connectivity index (χ2n) is 8.30. The fourth-order valence-electron chi connectivity index (χ4n) is 4.10. The number of halogens is 2. The summed E-state index contributed by atoms with van der Waals surface area (Å²) in [6.07, 6.45) is 2.40. The number of hydrogen-bond acceptors (Lipinski definition) is 4. The molecule has 4 aromatic rings. The molecule has 0 aromatic heterocycles. The molecule has 4 aromatic carbocycles. The van der Waals surface area contributed by atoms with Gasteiger partial charge in [-0.1, -0.05) is 96.0 Å². The molecule has 0 fully saturated rings. The standard InChI is InChI=1S/C29H22Cl2N4O/c30-23-13-16-25(26(31)17-23)29(36)33-32-19-20-11-14-24(15-12-20)35-28(22-9-5-2-6-10-22)18-27(34-35)21-7-3-1-4-8-21/h1-17,19,28H,18H2,(H,33,36). The molecule has 0 aliphatic carbocycles. The molecular formula is C29H22Cl2N4O. The van der Waals surface area contributed by atoms with E-state index >= 15 is 0 Å². The van der Waals surface area contributed by atoms with Crippen LogP contribution in [0, 0.1) is 0 Å². The van der Waals surface area contributed by atoms with E-state index in [9.17, 15) is 4.79 Å². The van der Waals surface area contributed by atoms with Crippen molar-refractivity contribution in [1.29, 1.82) is 0 Å². The first-order chi connectivity index (χ1) is 17.6. The summed E-state index contributed by atoms with van der Waals surface area (Å²) in [7, 11) is 0. The Morgan fingerprint density at radius 2 is 1.61 bits per heavy atom. The Hall–Kier alpha value is -3.93. The second-order valence-corrected chi connectivity index (χ2v) is 9.15. The maximum absolute atomic E-state index is 12.3. The van der Waals surface area contributed by atoms with Crippen molar-refractivity contribution in [1.82, 2.24) is 5.43 Å². The third-order valence-corrected chi connectivity index (χ3v) is 6.46. The predicted molar refractivity (Wildman–Crippen MR) is 147 cm³/mol. The molecule has 1 N–H and O–H groups in total. The van der Waals surface area contributed by atoms with Gasteiger partial charge in [-0.3, -0.25) is 9.80 Å². The quantitative estimate of drug-likeness (QED) is 0.221. The Morgan fingerprint density at radius 1 is 0.917 bits per heavy atom. The molecule has 7 heteroatoms. The highest BCUT2D eigenvalue weighted by molar-refractivity contribution is 6.36. The second kappa shape index (κ2) is 10.8. The number of nitrogens with one attached hydrogen (secondary N) is 1. The molecule has 36 heavy (non-hydrogen) atoms. The van der Waals surface area contributed by atoms with Gasteiger partial charge in [-0.15, -0.1) is 0 Å². The number of rotatable bonds is 6. The minimum Gasteiger partial charge on any atom is -0.267 e. The van der Waals surface area contributed by atoms with E-state index in [-0.39, 0.29) is 11.1 Å². The van der Waals surface area contributed by atoms with E-state index in [0.717, 1.165) is 28.9 Å². The molecular weight excluding hydrogens is 491 g/mol. The maximum atomic E-state index is 12.3. The van der Waals surface area contributed by atoms with Gasteiger partial charge in [-0.2, -0.15) is 10.2 Å². The molecule has 0 saturated carbocycles. The van der Waals surface area contributed by atoms with Crippen molar-refractivity contribution >= 4 is 46.7 Å². The summed E-state index contributed by atoms with van der Waals surface area (Å²) in [4.78, 5) is 12.3. The zero-order valence-corrected chi connectivity index (χ0v) is 20.7. The van der Waals surface area contributed by atoms with Crippen LogP contribution in [0.2, 0.25) is 10.0 Å². The minimum atomic E-state index is -0.407. The van der Waals surface area contributed by atoms with Crippen LogP contribution in [0.3, 0.4) is 0 Å². The van der Waals surface area contributed by atoms with E-state index in [0.29, 0.717) is 10.6 Å². The van der Waals surface area contributed by atoms with Crippen molar-refractivity contribution < 1.29 is 4.79 Å². The molecule has 1 heterocycles. The molecule has 1 unspecified atom stereocenters. The van der Waals surface area contributed by atoms with Crippen LogP contribution in [-0.2, 0) is 0 Å². The fraction of sp³-hybridized carbons (Fsp3) is 0.0690. The van der Waals surface area contributed by atoms with Gasteiger partial charge in [-0.25, -0.2) is 5.43 Å². The highest BCUT2D eigenvalue weighted by atomic mass is 35.5. The van der Waals surface area contributed by atoms with Gasteiger partial charge in [0.25, 0.3) is 5.91 Å². The number of carbonyl (C=O) groups excluding carboxylic acids is 1. The highest BCUT2D eigenvalue weighted by Gasteiger charge is 2.29. The smallest absolute Gasteiger partial charge is 0.267 e. The number of anilines is 1. The molecule has 1 aliphatic rings. The van der Waals surface area contributed by atoms with Crippen LogP contribution < -0.4 is 10.4 Å². The topological polar surface area (TPSA) is 57.1 Å². The Balaban J connectivity index is 1.33. The zero-order valence-electron chi connectivity index (χ0n) is 19.2. The van der Waals surface area contributed by atoms with Gasteiger partial charge in [0.15, 0.2) is 0 Å². The van der Waals surface area contributed by atoms with Gasteiger partial charge in [0, 0.05) is 11.4 Å². The van der Waals surface area contributed by atoms with E-state index in [2.05, 4.69) is 51.9 Å². The van der Waals surface area contributed by atoms with Gasteiger partial charge in [-0.05, 0) is 47.0 Å². The molecule has 0 spiro atoms. The first kappa shape index (κ1) is 23.8. The lowest BCUT2D eigenvalue weighted by Crippen LogP contribution is -2.18. The van der Waals surface area contributed by atoms with Gasteiger partial charge in [0.2, 0.25) is 0 Å². The lowest BCUT2D eigenvalue weighted by atomic mass is 9.98. The molecule has 5 nitrogen and oxygen atoms in total. The Morgan fingerprint density at radius 3 is 2.31 bits per heavy atom. The lowest BCUT2D eigenvalue weighted by molar-refractivity contribution is 0.0955. The van der Waals surface area contributed by atoms with Crippen molar-refractivity contribution in [3.63, 3.8) is 0 Å². The van der Waals surface area contributed by atoms with Crippen LogP contribution in [0.1, 0.15) is 39.5 Å².